The normalized spacial score (nSPS) is 15.0. The van der Waals surface area contributed by atoms with Gasteiger partial charge in [-0.1, -0.05) is 20.8 Å². The van der Waals surface area contributed by atoms with Crippen LogP contribution in [0.25, 0.3) is 0 Å². The van der Waals surface area contributed by atoms with Crippen molar-refractivity contribution in [1.82, 2.24) is 5.32 Å². The Labute approximate surface area is 83.1 Å². The van der Waals surface area contributed by atoms with E-state index in [1.807, 2.05) is 7.05 Å². The van der Waals surface area contributed by atoms with Crippen LogP contribution in [0.1, 0.15) is 41.0 Å². The summed E-state index contributed by atoms with van der Waals surface area (Å²) in [6.07, 6.45) is 1.49. The van der Waals surface area contributed by atoms with Crippen LogP contribution in [0.5, 0.6) is 0 Å². The first kappa shape index (κ1) is 12.9. The average molecular weight is 187 g/mol. The molecule has 0 spiro atoms. The van der Waals surface area contributed by atoms with Gasteiger partial charge < -0.3 is 10.1 Å². The zero-order chi connectivity index (χ0) is 10.5. The summed E-state index contributed by atoms with van der Waals surface area (Å²) in [7, 11) is 2.01. The Kier molecular flexibility index (Phi) is 5.57. The van der Waals surface area contributed by atoms with Crippen LogP contribution >= 0.6 is 0 Å². The number of hydrogen-bond donors (Lipinski definition) is 1. The molecular formula is C11H25NO. The Morgan fingerprint density at radius 2 is 1.85 bits per heavy atom. The second kappa shape index (κ2) is 5.61. The van der Waals surface area contributed by atoms with E-state index in [-0.39, 0.29) is 0 Å². The number of hydrogen-bond acceptors (Lipinski definition) is 2. The van der Waals surface area contributed by atoms with E-state index in [4.69, 9.17) is 4.74 Å². The second-order valence-corrected chi connectivity index (χ2v) is 4.57. The minimum atomic E-state index is 0.309. The monoisotopic (exact) mass is 187 g/mol. The molecule has 0 saturated carbocycles. The molecule has 0 aliphatic heterocycles. The molecule has 0 saturated heterocycles. The van der Waals surface area contributed by atoms with Crippen LogP contribution in [0.2, 0.25) is 0 Å². The van der Waals surface area contributed by atoms with Gasteiger partial charge in [0.25, 0.3) is 0 Å². The van der Waals surface area contributed by atoms with Gasteiger partial charge in [0.2, 0.25) is 0 Å². The Morgan fingerprint density at radius 3 is 2.15 bits per heavy atom. The minimum Gasteiger partial charge on any atom is -0.377 e. The highest BCUT2D eigenvalue weighted by Gasteiger charge is 2.26. The smallest absolute Gasteiger partial charge is 0.0628 e. The third-order valence-corrected chi connectivity index (χ3v) is 2.80. The molecule has 0 heterocycles. The fourth-order valence-electron chi connectivity index (χ4n) is 1.23. The second-order valence-electron chi connectivity index (χ2n) is 4.57. The Morgan fingerprint density at radius 1 is 1.31 bits per heavy atom. The zero-order valence-electron chi connectivity index (χ0n) is 9.98. The van der Waals surface area contributed by atoms with Crippen molar-refractivity contribution in [3.63, 3.8) is 0 Å². The van der Waals surface area contributed by atoms with E-state index in [1.54, 1.807) is 0 Å². The Balaban J connectivity index is 4.02. The maximum atomic E-state index is 5.62. The van der Waals surface area contributed by atoms with Crippen molar-refractivity contribution in [1.29, 1.82) is 0 Å². The van der Waals surface area contributed by atoms with E-state index >= 15 is 0 Å². The lowest BCUT2D eigenvalue weighted by Gasteiger charge is -2.33. The van der Waals surface area contributed by atoms with Crippen LogP contribution in [0, 0.1) is 5.41 Å². The Bertz CT molecular complexity index is 132. The summed E-state index contributed by atoms with van der Waals surface area (Å²) in [5, 5.41) is 3.32. The van der Waals surface area contributed by atoms with Gasteiger partial charge in [-0.25, -0.2) is 0 Å². The largest absolute Gasteiger partial charge is 0.377 e. The molecule has 0 aromatic rings. The van der Waals surface area contributed by atoms with E-state index in [9.17, 15) is 0 Å². The summed E-state index contributed by atoms with van der Waals surface area (Å²) in [4.78, 5) is 0. The van der Waals surface area contributed by atoms with Gasteiger partial charge in [-0.2, -0.15) is 0 Å². The molecule has 1 N–H and O–H groups in total. The van der Waals surface area contributed by atoms with Gasteiger partial charge >= 0.3 is 0 Å². The van der Waals surface area contributed by atoms with Crippen molar-refractivity contribution in [2.75, 3.05) is 13.7 Å². The van der Waals surface area contributed by atoms with Crippen LogP contribution in [-0.2, 0) is 4.74 Å². The van der Waals surface area contributed by atoms with Crippen LogP contribution < -0.4 is 5.32 Å². The van der Waals surface area contributed by atoms with Crippen LogP contribution in [-0.4, -0.2) is 25.8 Å². The summed E-state index contributed by atoms with van der Waals surface area (Å²) >= 11 is 0. The van der Waals surface area contributed by atoms with Gasteiger partial charge in [0.15, 0.2) is 0 Å². The first-order valence-corrected chi connectivity index (χ1v) is 5.23. The van der Waals surface area contributed by atoms with Crippen molar-refractivity contribution in [3.05, 3.63) is 0 Å². The topological polar surface area (TPSA) is 21.3 Å². The third kappa shape index (κ3) is 4.63. The Hall–Kier alpha value is -0.0800. The summed E-state index contributed by atoms with van der Waals surface area (Å²) in [6.45, 7) is 11.7. The van der Waals surface area contributed by atoms with Crippen molar-refractivity contribution in [2.45, 2.75) is 53.2 Å². The first-order chi connectivity index (χ1) is 5.94. The lowest BCUT2D eigenvalue weighted by Crippen LogP contribution is -2.43. The molecule has 0 rings (SSSR count). The lowest BCUT2D eigenvalue weighted by atomic mass is 9.82. The molecule has 2 nitrogen and oxygen atoms in total. The molecule has 1 unspecified atom stereocenters. The first-order valence-electron chi connectivity index (χ1n) is 5.23. The highest BCUT2D eigenvalue weighted by Crippen LogP contribution is 2.24. The fraction of sp³-hybridized carbons (Fsp3) is 1.00. The van der Waals surface area contributed by atoms with Crippen LogP contribution in [0.4, 0.5) is 0 Å². The van der Waals surface area contributed by atoms with Crippen molar-refractivity contribution in [2.24, 2.45) is 5.41 Å². The van der Waals surface area contributed by atoms with E-state index in [0.29, 0.717) is 17.6 Å². The van der Waals surface area contributed by atoms with Gasteiger partial charge in [0.1, 0.15) is 0 Å². The predicted molar refractivity (Wildman–Crippen MR) is 58.0 cm³/mol. The summed E-state index contributed by atoms with van der Waals surface area (Å²) in [5.74, 6) is 0. The zero-order valence-corrected chi connectivity index (χ0v) is 9.98. The molecule has 0 aliphatic carbocycles. The number of ether oxygens (including phenoxy) is 1. The molecule has 0 aliphatic rings. The minimum absolute atomic E-state index is 0.309. The molecule has 0 fully saturated rings. The van der Waals surface area contributed by atoms with E-state index in [0.717, 1.165) is 6.61 Å². The molecule has 0 bridgehead atoms. The summed E-state index contributed by atoms with van der Waals surface area (Å²) in [6, 6.07) is 0.444. The molecule has 0 aromatic carbocycles. The highest BCUT2D eigenvalue weighted by atomic mass is 16.5. The molecule has 0 aromatic heterocycles. The molecular weight excluding hydrogens is 162 g/mol. The van der Waals surface area contributed by atoms with E-state index in [2.05, 4.69) is 39.9 Å². The maximum Gasteiger partial charge on any atom is 0.0628 e. The van der Waals surface area contributed by atoms with Gasteiger partial charge in [-0.05, 0) is 32.7 Å². The third-order valence-electron chi connectivity index (χ3n) is 2.80. The molecule has 80 valence electrons. The molecule has 1 atom stereocenters. The SMILES string of the molecule is CCC(C)(C)C(COC(C)C)NC. The van der Waals surface area contributed by atoms with Crippen LogP contribution in [0.3, 0.4) is 0 Å². The van der Waals surface area contributed by atoms with Gasteiger partial charge in [0, 0.05) is 6.04 Å². The summed E-state index contributed by atoms with van der Waals surface area (Å²) < 4.78 is 5.62. The molecule has 2 heteroatoms. The maximum absolute atomic E-state index is 5.62. The van der Waals surface area contributed by atoms with Crippen molar-refractivity contribution in [3.8, 4) is 0 Å². The lowest BCUT2D eigenvalue weighted by molar-refractivity contribution is 0.0331. The van der Waals surface area contributed by atoms with Crippen molar-refractivity contribution < 1.29 is 4.74 Å². The highest BCUT2D eigenvalue weighted by molar-refractivity contribution is 4.81. The van der Waals surface area contributed by atoms with Gasteiger partial charge in [0.05, 0.1) is 12.7 Å². The molecule has 0 radical (unpaired) electrons. The quantitative estimate of drug-likeness (QED) is 0.689. The number of rotatable bonds is 6. The predicted octanol–water partition coefficient (Wildman–Crippen LogP) is 2.44. The molecule has 13 heavy (non-hydrogen) atoms. The van der Waals surface area contributed by atoms with E-state index in [1.165, 1.54) is 6.42 Å². The van der Waals surface area contributed by atoms with Gasteiger partial charge in [-0.15, -0.1) is 0 Å². The van der Waals surface area contributed by atoms with E-state index < -0.39 is 0 Å². The molecule has 0 amide bonds. The van der Waals surface area contributed by atoms with Gasteiger partial charge in [-0.3, -0.25) is 0 Å². The standard InChI is InChI=1S/C11H25NO/c1-7-11(4,5)10(12-6)8-13-9(2)3/h9-10,12H,7-8H2,1-6H3. The number of nitrogens with one attached hydrogen (secondary N) is 1. The van der Waals surface area contributed by atoms with Crippen molar-refractivity contribution >= 4 is 0 Å². The fourth-order valence-corrected chi connectivity index (χ4v) is 1.23. The average Bonchev–Trinajstić information content (AvgIpc) is 2.04. The summed E-state index contributed by atoms with van der Waals surface area (Å²) in [5.41, 5.74) is 0.309. The number of likely N-dealkylation sites (N-methyl/N-ethyl adjacent to an activating group) is 1. The van der Waals surface area contributed by atoms with Crippen LogP contribution in [0.15, 0.2) is 0 Å².